The highest BCUT2D eigenvalue weighted by Gasteiger charge is 2.05. The van der Waals surface area contributed by atoms with Crippen molar-refractivity contribution in [2.24, 2.45) is 0 Å². The van der Waals surface area contributed by atoms with Crippen LogP contribution in [-0.4, -0.2) is 29.0 Å². The van der Waals surface area contributed by atoms with E-state index >= 15 is 0 Å². The van der Waals surface area contributed by atoms with Crippen LogP contribution in [0.2, 0.25) is 0 Å². The molecule has 0 bridgehead atoms. The molecule has 1 aromatic heterocycles. The molecule has 1 atom stereocenters. The van der Waals surface area contributed by atoms with Gasteiger partial charge in [0, 0.05) is 12.4 Å². The van der Waals surface area contributed by atoms with E-state index in [4.69, 9.17) is 0 Å². The third kappa shape index (κ3) is 9.02. The molecular formula is C9H13N2O4P. The van der Waals surface area contributed by atoms with E-state index in [9.17, 15) is 9.59 Å². The molecule has 16 heavy (non-hydrogen) atoms. The van der Waals surface area contributed by atoms with Crippen molar-refractivity contribution in [2.45, 2.75) is 12.8 Å². The molecule has 0 spiro atoms. The van der Waals surface area contributed by atoms with Crippen molar-refractivity contribution in [1.29, 1.82) is 0 Å². The van der Waals surface area contributed by atoms with E-state index in [1.165, 1.54) is 13.4 Å². The first-order chi connectivity index (χ1) is 7.70. The number of carbonyl (C=O) groups is 2. The first kappa shape index (κ1) is 14.5. The van der Waals surface area contributed by atoms with Gasteiger partial charge in [-0.2, -0.15) is 0 Å². The fourth-order valence-electron chi connectivity index (χ4n) is 0.618. The fourth-order valence-corrected chi connectivity index (χ4v) is 0.736. The number of carbonyl (C=O) groups excluding carboxylic acids is 2. The van der Waals surface area contributed by atoms with Crippen molar-refractivity contribution in [3.63, 3.8) is 0 Å². The molecule has 1 rings (SSSR count). The smallest absolute Gasteiger partial charge is 0.308 e. The SMILES string of the molecule is COC(=O)CCC(=O)OP.c1cncnc1. The predicted octanol–water partition coefficient (Wildman–Crippen LogP) is 0.749. The molecule has 0 aliphatic rings. The summed E-state index contributed by atoms with van der Waals surface area (Å²) in [6.45, 7) is 0. The van der Waals surface area contributed by atoms with Gasteiger partial charge in [0.2, 0.25) is 0 Å². The summed E-state index contributed by atoms with van der Waals surface area (Å²) in [5, 5.41) is 0. The van der Waals surface area contributed by atoms with E-state index in [1.807, 2.05) is 9.47 Å². The molecule has 7 heteroatoms. The Morgan fingerprint density at radius 3 is 2.06 bits per heavy atom. The molecule has 0 aromatic carbocycles. The summed E-state index contributed by atoms with van der Waals surface area (Å²) >= 11 is 0. The summed E-state index contributed by atoms with van der Waals surface area (Å²) in [6, 6.07) is 1.78. The molecule has 0 saturated carbocycles. The van der Waals surface area contributed by atoms with Crippen LogP contribution >= 0.6 is 9.47 Å². The maximum atomic E-state index is 10.4. The topological polar surface area (TPSA) is 78.4 Å². The zero-order valence-electron chi connectivity index (χ0n) is 8.83. The number of esters is 1. The van der Waals surface area contributed by atoms with Crippen LogP contribution in [0.25, 0.3) is 0 Å². The van der Waals surface area contributed by atoms with Gasteiger partial charge >= 0.3 is 11.9 Å². The number of hydrogen-bond donors (Lipinski definition) is 0. The molecule has 0 saturated heterocycles. The van der Waals surface area contributed by atoms with Crippen LogP contribution in [0.1, 0.15) is 12.8 Å². The summed E-state index contributed by atoms with van der Waals surface area (Å²) < 4.78 is 8.51. The molecule has 0 aliphatic carbocycles. The maximum Gasteiger partial charge on any atom is 0.308 e. The maximum absolute atomic E-state index is 10.4. The van der Waals surface area contributed by atoms with Gasteiger partial charge in [-0.05, 0) is 6.07 Å². The number of ether oxygens (including phenoxy) is 1. The number of nitrogens with zero attached hydrogens (tertiary/aromatic N) is 2. The molecule has 6 nitrogen and oxygen atoms in total. The van der Waals surface area contributed by atoms with Crippen LogP contribution in [-0.2, 0) is 18.8 Å². The first-order valence-electron chi connectivity index (χ1n) is 4.37. The minimum atomic E-state index is -0.435. The van der Waals surface area contributed by atoms with E-state index in [0.717, 1.165) is 0 Å². The lowest BCUT2D eigenvalue weighted by Crippen LogP contribution is -2.04. The Kier molecular flexibility index (Phi) is 9.02. The van der Waals surface area contributed by atoms with Crippen LogP contribution in [0.4, 0.5) is 0 Å². The van der Waals surface area contributed by atoms with Crippen molar-refractivity contribution in [2.75, 3.05) is 7.11 Å². The van der Waals surface area contributed by atoms with Crippen molar-refractivity contribution in [1.82, 2.24) is 9.97 Å². The molecule has 1 heterocycles. The summed E-state index contributed by atoms with van der Waals surface area (Å²) in [5.74, 6) is -0.842. The van der Waals surface area contributed by atoms with Gasteiger partial charge in [0.15, 0.2) is 0 Å². The Labute approximate surface area is 95.7 Å². The van der Waals surface area contributed by atoms with E-state index in [0.29, 0.717) is 0 Å². The third-order valence-corrected chi connectivity index (χ3v) is 1.63. The van der Waals surface area contributed by atoms with Gasteiger partial charge in [0.1, 0.15) is 6.33 Å². The first-order valence-corrected chi connectivity index (χ1v) is 4.84. The summed E-state index contributed by atoms with van der Waals surface area (Å²) in [4.78, 5) is 28.1. The quantitative estimate of drug-likeness (QED) is 0.576. The van der Waals surface area contributed by atoms with Crippen molar-refractivity contribution >= 4 is 21.4 Å². The molecule has 88 valence electrons. The lowest BCUT2D eigenvalue weighted by molar-refractivity contribution is -0.144. The van der Waals surface area contributed by atoms with Crippen LogP contribution in [0, 0.1) is 0 Å². The van der Waals surface area contributed by atoms with E-state index < -0.39 is 11.9 Å². The lowest BCUT2D eigenvalue weighted by atomic mass is 10.3. The van der Waals surface area contributed by atoms with Gasteiger partial charge < -0.3 is 9.26 Å². The van der Waals surface area contributed by atoms with Gasteiger partial charge in [-0.1, -0.05) is 0 Å². The number of rotatable bonds is 3. The predicted molar refractivity (Wildman–Crippen MR) is 59.1 cm³/mol. The van der Waals surface area contributed by atoms with E-state index in [2.05, 4.69) is 19.2 Å². The lowest BCUT2D eigenvalue weighted by Gasteiger charge is -1.96. The Balaban J connectivity index is 0.000000315. The van der Waals surface area contributed by atoms with Crippen molar-refractivity contribution in [3.8, 4) is 0 Å². The highest BCUT2D eigenvalue weighted by molar-refractivity contribution is 7.10. The summed E-state index contributed by atoms with van der Waals surface area (Å²) in [5.41, 5.74) is 0. The standard InChI is InChI=1S/C5H9O4P.C4H4N2/c1-8-4(6)2-3-5(7)9-10;1-2-5-4-6-3-1/h2-3,10H2,1H3;1-4H. The van der Waals surface area contributed by atoms with Crippen LogP contribution in [0.3, 0.4) is 0 Å². The van der Waals surface area contributed by atoms with Crippen molar-refractivity contribution in [3.05, 3.63) is 24.8 Å². The minimum Gasteiger partial charge on any atom is -0.469 e. The zero-order chi connectivity index (χ0) is 12.2. The van der Waals surface area contributed by atoms with Gasteiger partial charge in [-0.15, -0.1) is 0 Å². The second kappa shape index (κ2) is 9.98. The Hall–Kier alpha value is -1.55. The molecule has 0 N–H and O–H groups in total. The Morgan fingerprint density at radius 2 is 1.75 bits per heavy atom. The molecule has 0 amide bonds. The average molecular weight is 244 g/mol. The minimum absolute atomic E-state index is 0.0656. The Morgan fingerprint density at radius 1 is 1.19 bits per heavy atom. The van der Waals surface area contributed by atoms with Gasteiger partial charge in [0.05, 0.1) is 29.4 Å². The monoisotopic (exact) mass is 244 g/mol. The summed E-state index contributed by atoms with van der Waals surface area (Å²) in [7, 11) is 3.09. The fraction of sp³-hybridized carbons (Fsp3) is 0.333. The molecule has 0 aliphatic heterocycles. The molecule has 0 fully saturated rings. The van der Waals surface area contributed by atoms with E-state index in [1.54, 1.807) is 18.5 Å². The van der Waals surface area contributed by atoms with Crippen LogP contribution in [0.15, 0.2) is 24.8 Å². The van der Waals surface area contributed by atoms with Crippen molar-refractivity contribution < 1.29 is 18.8 Å². The van der Waals surface area contributed by atoms with Crippen LogP contribution < -0.4 is 0 Å². The highest BCUT2D eigenvalue weighted by Crippen LogP contribution is 1.97. The highest BCUT2D eigenvalue weighted by atomic mass is 31.0. The molecular weight excluding hydrogens is 231 g/mol. The largest absolute Gasteiger partial charge is 0.469 e. The second-order valence-corrected chi connectivity index (χ2v) is 2.71. The van der Waals surface area contributed by atoms with Crippen LogP contribution in [0.5, 0.6) is 0 Å². The number of hydrogen-bond acceptors (Lipinski definition) is 6. The van der Waals surface area contributed by atoms with Gasteiger partial charge in [-0.3, -0.25) is 9.59 Å². The Bertz CT molecular complexity index is 265. The number of methoxy groups -OCH3 is 1. The molecule has 0 radical (unpaired) electrons. The van der Waals surface area contributed by atoms with E-state index in [-0.39, 0.29) is 12.8 Å². The normalized spacial score (nSPS) is 8.38. The van der Waals surface area contributed by atoms with Gasteiger partial charge in [-0.25, -0.2) is 9.97 Å². The summed E-state index contributed by atoms with van der Waals surface area (Å²) in [6.07, 6.45) is 5.01. The van der Waals surface area contributed by atoms with Gasteiger partial charge in [0.25, 0.3) is 0 Å². The third-order valence-electron chi connectivity index (χ3n) is 1.37. The zero-order valence-corrected chi connectivity index (χ0v) is 9.98. The second-order valence-electron chi connectivity index (χ2n) is 2.47. The number of aromatic nitrogens is 2. The average Bonchev–Trinajstić information content (AvgIpc) is 2.38. The molecule has 1 aromatic rings. The molecule has 1 unspecified atom stereocenters.